The van der Waals surface area contributed by atoms with E-state index in [0.29, 0.717) is 6.10 Å². The molecular weight excluding hydrogens is 160 g/mol. The van der Waals surface area contributed by atoms with Gasteiger partial charge in [0.15, 0.2) is 0 Å². The molecule has 0 saturated heterocycles. The molecule has 0 spiro atoms. The molecule has 0 aliphatic heterocycles. The molecule has 0 fully saturated rings. The third-order valence-corrected chi connectivity index (χ3v) is 1.95. The molecule has 13 heavy (non-hydrogen) atoms. The highest BCUT2D eigenvalue weighted by Crippen LogP contribution is 2.03. The summed E-state index contributed by atoms with van der Waals surface area (Å²) in [5.41, 5.74) is 1.17. The van der Waals surface area contributed by atoms with Gasteiger partial charge in [0.05, 0.1) is 12.4 Å². The van der Waals surface area contributed by atoms with Gasteiger partial charge in [-0.3, -0.25) is 0 Å². The van der Waals surface area contributed by atoms with Gasteiger partial charge < -0.3 is 4.74 Å². The molecule has 1 atom stereocenters. The largest absolute Gasteiger partial charge is 0.498 e. The Morgan fingerprint density at radius 3 is 2.62 bits per heavy atom. The summed E-state index contributed by atoms with van der Waals surface area (Å²) in [6, 6.07) is 10.1. The molecule has 1 nitrogen and oxygen atoms in total. The molecule has 0 bridgehead atoms. The third kappa shape index (κ3) is 3.79. The fraction of sp³-hybridized carbons (Fsp3) is 0.333. The van der Waals surface area contributed by atoms with Crippen LogP contribution in [0.2, 0.25) is 0 Å². The van der Waals surface area contributed by atoms with E-state index < -0.39 is 0 Å². The first-order valence-electron chi connectivity index (χ1n) is 4.70. The number of hydrogen-bond donors (Lipinski definition) is 0. The van der Waals surface area contributed by atoms with Gasteiger partial charge in [-0.25, -0.2) is 0 Å². The highest BCUT2D eigenvalue weighted by Gasteiger charge is 1.92. The molecule has 0 amide bonds. The predicted molar refractivity (Wildman–Crippen MR) is 56.3 cm³/mol. The van der Waals surface area contributed by atoms with E-state index in [2.05, 4.69) is 26.0 Å². The molecule has 0 aliphatic rings. The van der Waals surface area contributed by atoms with E-state index in [9.17, 15) is 0 Å². The Hall–Kier alpha value is -1.24. The first-order valence-corrected chi connectivity index (χ1v) is 4.70. The lowest BCUT2D eigenvalue weighted by Crippen LogP contribution is -1.99. The van der Waals surface area contributed by atoms with Crippen LogP contribution in [0.3, 0.4) is 0 Å². The van der Waals surface area contributed by atoms with E-state index in [0.717, 1.165) is 6.42 Å². The Bertz CT molecular complexity index is 251. The molecule has 70 valence electrons. The zero-order chi connectivity index (χ0) is 9.52. The minimum atomic E-state index is 0.306. The van der Waals surface area contributed by atoms with Gasteiger partial charge in [0.25, 0.3) is 0 Å². The average Bonchev–Trinajstić information content (AvgIpc) is 2.19. The second-order valence-corrected chi connectivity index (χ2v) is 3.07. The summed E-state index contributed by atoms with van der Waals surface area (Å²) in [6.07, 6.45) is 5.09. The highest BCUT2D eigenvalue weighted by atomic mass is 16.5. The van der Waals surface area contributed by atoms with Crippen molar-refractivity contribution in [3.8, 4) is 0 Å². The van der Waals surface area contributed by atoms with E-state index in [4.69, 9.17) is 4.74 Å². The molecule has 0 N–H and O–H groups in total. The summed E-state index contributed by atoms with van der Waals surface area (Å²) >= 11 is 0. The van der Waals surface area contributed by atoms with Crippen LogP contribution in [0, 0.1) is 0 Å². The maximum absolute atomic E-state index is 5.41. The van der Waals surface area contributed by atoms with Crippen LogP contribution >= 0.6 is 0 Å². The quantitative estimate of drug-likeness (QED) is 0.638. The van der Waals surface area contributed by atoms with Crippen molar-refractivity contribution in [3.05, 3.63) is 42.2 Å². The monoisotopic (exact) mass is 176 g/mol. The van der Waals surface area contributed by atoms with E-state index in [1.165, 1.54) is 5.56 Å². The maximum atomic E-state index is 5.41. The van der Waals surface area contributed by atoms with E-state index >= 15 is 0 Å². The van der Waals surface area contributed by atoms with Crippen LogP contribution in [0.4, 0.5) is 0 Å². The van der Waals surface area contributed by atoms with Crippen molar-refractivity contribution in [2.45, 2.75) is 26.4 Å². The normalized spacial score (nSPS) is 13.1. The van der Waals surface area contributed by atoms with Crippen molar-refractivity contribution in [3.63, 3.8) is 0 Å². The van der Waals surface area contributed by atoms with Gasteiger partial charge in [0, 0.05) is 0 Å². The summed E-state index contributed by atoms with van der Waals surface area (Å²) in [4.78, 5) is 0. The molecule has 1 rings (SSSR count). The SMILES string of the molecule is CCC(C)OC=Cc1ccccc1. The van der Waals surface area contributed by atoms with Crippen LogP contribution in [-0.4, -0.2) is 6.10 Å². The number of benzene rings is 1. The molecule has 0 aliphatic carbocycles. The van der Waals surface area contributed by atoms with Crippen LogP contribution < -0.4 is 0 Å². The molecule has 0 heterocycles. The van der Waals surface area contributed by atoms with Gasteiger partial charge >= 0.3 is 0 Å². The second-order valence-electron chi connectivity index (χ2n) is 3.07. The Kier molecular flexibility index (Phi) is 4.10. The van der Waals surface area contributed by atoms with Crippen molar-refractivity contribution in [2.24, 2.45) is 0 Å². The standard InChI is InChI=1S/C12H16O/c1-3-11(2)13-10-9-12-7-5-4-6-8-12/h4-11H,3H2,1-2H3. The van der Waals surface area contributed by atoms with Gasteiger partial charge in [-0.2, -0.15) is 0 Å². The lowest BCUT2D eigenvalue weighted by Gasteiger charge is -2.06. The Labute approximate surface area is 80.0 Å². The van der Waals surface area contributed by atoms with Gasteiger partial charge in [-0.05, 0) is 25.0 Å². The van der Waals surface area contributed by atoms with Crippen LogP contribution in [-0.2, 0) is 4.74 Å². The molecular formula is C12H16O. The first-order chi connectivity index (χ1) is 6.33. The Balaban J connectivity index is 2.41. The minimum absolute atomic E-state index is 0.306. The smallest absolute Gasteiger partial charge is 0.0947 e. The maximum Gasteiger partial charge on any atom is 0.0947 e. The van der Waals surface area contributed by atoms with Gasteiger partial charge in [0.2, 0.25) is 0 Å². The van der Waals surface area contributed by atoms with Crippen LogP contribution in [0.5, 0.6) is 0 Å². The molecule has 0 saturated carbocycles. The summed E-state index contributed by atoms with van der Waals surface area (Å²) in [7, 11) is 0. The average molecular weight is 176 g/mol. The van der Waals surface area contributed by atoms with Crippen LogP contribution in [0.1, 0.15) is 25.8 Å². The highest BCUT2D eigenvalue weighted by molar-refractivity contribution is 5.47. The van der Waals surface area contributed by atoms with Gasteiger partial charge in [0.1, 0.15) is 0 Å². The Morgan fingerprint density at radius 2 is 2.00 bits per heavy atom. The summed E-state index contributed by atoms with van der Waals surface area (Å²) in [5.74, 6) is 0. The first kappa shape index (κ1) is 9.85. The second kappa shape index (κ2) is 5.41. The van der Waals surface area contributed by atoms with Crippen molar-refractivity contribution in [1.29, 1.82) is 0 Å². The van der Waals surface area contributed by atoms with E-state index in [1.54, 1.807) is 6.26 Å². The lowest BCUT2D eigenvalue weighted by molar-refractivity contribution is 0.160. The minimum Gasteiger partial charge on any atom is -0.498 e. The lowest BCUT2D eigenvalue weighted by atomic mass is 10.2. The molecule has 0 aromatic heterocycles. The van der Waals surface area contributed by atoms with Crippen molar-refractivity contribution in [1.82, 2.24) is 0 Å². The zero-order valence-electron chi connectivity index (χ0n) is 8.23. The zero-order valence-corrected chi connectivity index (χ0v) is 8.23. The Morgan fingerprint density at radius 1 is 1.31 bits per heavy atom. The molecule has 1 unspecified atom stereocenters. The van der Waals surface area contributed by atoms with Gasteiger partial charge in [-0.15, -0.1) is 0 Å². The number of ether oxygens (including phenoxy) is 1. The summed E-state index contributed by atoms with van der Waals surface area (Å²) in [6.45, 7) is 4.18. The fourth-order valence-electron chi connectivity index (χ4n) is 0.912. The van der Waals surface area contributed by atoms with Gasteiger partial charge in [-0.1, -0.05) is 37.3 Å². The molecule has 1 aromatic rings. The van der Waals surface area contributed by atoms with Crippen molar-refractivity contribution < 1.29 is 4.74 Å². The number of rotatable bonds is 4. The van der Waals surface area contributed by atoms with Crippen molar-refractivity contribution >= 4 is 6.08 Å². The topological polar surface area (TPSA) is 9.23 Å². The molecule has 1 aromatic carbocycles. The van der Waals surface area contributed by atoms with E-state index in [-0.39, 0.29) is 0 Å². The van der Waals surface area contributed by atoms with E-state index in [1.807, 2.05) is 24.3 Å². The fourth-order valence-corrected chi connectivity index (χ4v) is 0.912. The summed E-state index contributed by atoms with van der Waals surface area (Å²) < 4.78 is 5.41. The predicted octanol–water partition coefficient (Wildman–Crippen LogP) is 3.47. The number of hydrogen-bond acceptors (Lipinski definition) is 1. The third-order valence-electron chi connectivity index (χ3n) is 1.95. The van der Waals surface area contributed by atoms with Crippen molar-refractivity contribution in [2.75, 3.05) is 0 Å². The summed E-state index contributed by atoms with van der Waals surface area (Å²) in [5, 5.41) is 0. The van der Waals surface area contributed by atoms with Crippen LogP contribution in [0.25, 0.3) is 6.08 Å². The molecule has 0 radical (unpaired) electrons. The van der Waals surface area contributed by atoms with Crippen LogP contribution in [0.15, 0.2) is 36.6 Å². The molecule has 1 heteroatoms.